The Hall–Kier alpha value is -2.82. The lowest BCUT2D eigenvalue weighted by Crippen LogP contribution is -2.68. The maximum absolute atomic E-state index is 17.4. The number of carbonyl (C=O) groups is 2. The monoisotopic (exact) mass is 555 g/mol. The number of aliphatic hydroxyl groups excluding tert-OH is 1. The summed E-state index contributed by atoms with van der Waals surface area (Å²) in [5.41, 5.74) is -4.16. The summed E-state index contributed by atoms with van der Waals surface area (Å²) in [5, 5.41) is 28.6. The summed E-state index contributed by atoms with van der Waals surface area (Å²) in [6, 6.07) is 2.41. The van der Waals surface area contributed by atoms with Crippen LogP contribution in [0.25, 0.3) is 0 Å². The largest absolute Gasteiger partial charge is 0.390 e. The number of aromatic nitrogens is 2. The number of fused-ring (bicyclic) bond motifs is 5. The number of anilines is 1. The highest BCUT2D eigenvalue weighted by Gasteiger charge is 2.74. The number of carbonyl (C=O) groups excluding carboxylic acids is 2. The third kappa shape index (κ3) is 3.44. The van der Waals surface area contributed by atoms with Gasteiger partial charge in [-0.1, -0.05) is 25.5 Å². The normalized spacial score (nSPS) is 40.9. The number of ketones is 1. The van der Waals surface area contributed by atoms with Crippen molar-refractivity contribution in [3.05, 3.63) is 64.7 Å². The highest BCUT2D eigenvalue weighted by Crippen LogP contribution is 2.72. The smallest absolute Gasteiger partial charge is 0.259 e. The summed E-state index contributed by atoms with van der Waals surface area (Å²) in [6.07, 6.45) is 5.91. The number of rotatable bonds is 3. The standard InChI is InChI=1S/C29H31F2N3O4S/c1-15-10-20-19-6-5-17-11-18(35)8-9-26(17,2)28(19,31)22(36)12-27(20,3)29(15,38)21-14-39-25(33-21)34-24(37)16-4-7-23(30)32-13-16/h4,7-9,11,13-15,19-20,22,36,38H,5-6,10,12H2,1-3H3,(H,33,34,37)/t15-,19+,20+,22+,26+,27+,28+,29+/m1/s1. The zero-order chi connectivity index (χ0) is 28.0. The Morgan fingerprint density at radius 2 is 2.03 bits per heavy atom. The highest BCUT2D eigenvalue weighted by molar-refractivity contribution is 7.14. The van der Waals surface area contributed by atoms with Crippen LogP contribution in [0.5, 0.6) is 0 Å². The molecule has 4 aliphatic carbocycles. The SMILES string of the molecule is C[C@@H]1C[C@H]2[C@@H]3CCC4=CC(=O)C=C[C@]4(C)[C@@]3(F)[C@@H](O)C[C@]2(C)[C@@]1(O)c1csc(NC(=O)c2ccc(F)nc2)n1. The summed E-state index contributed by atoms with van der Waals surface area (Å²) in [4.78, 5) is 32.8. The van der Waals surface area contributed by atoms with E-state index in [0.29, 0.717) is 30.5 Å². The van der Waals surface area contributed by atoms with E-state index >= 15 is 4.39 Å². The van der Waals surface area contributed by atoms with Crippen LogP contribution in [0, 0.1) is 34.5 Å². The van der Waals surface area contributed by atoms with Crippen molar-refractivity contribution in [1.82, 2.24) is 9.97 Å². The van der Waals surface area contributed by atoms with E-state index in [2.05, 4.69) is 15.3 Å². The van der Waals surface area contributed by atoms with E-state index < -0.39 is 46.0 Å². The first-order valence-electron chi connectivity index (χ1n) is 13.3. The van der Waals surface area contributed by atoms with Crippen LogP contribution in [0.2, 0.25) is 0 Å². The van der Waals surface area contributed by atoms with E-state index in [0.717, 1.165) is 23.6 Å². The van der Waals surface area contributed by atoms with Gasteiger partial charge in [0.15, 0.2) is 16.6 Å². The Morgan fingerprint density at radius 3 is 2.74 bits per heavy atom. The number of thiazole rings is 1. The molecule has 0 unspecified atom stereocenters. The lowest BCUT2D eigenvalue weighted by Gasteiger charge is -2.62. The first kappa shape index (κ1) is 26.4. The lowest BCUT2D eigenvalue weighted by molar-refractivity contribution is -0.223. The zero-order valence-corrected chi connectivity index (χ0v) is 22.8. The van der Waals surface area contributed by atoms with Gasteiger partial charge in [-0.3, -0.25) is 14.9 Å². The van der Waals surface area contributed by atoms with Crippen molar-refractivity contribution >= 4 is 28.2 Å². The number of hydrogen-bond acceptors (Lipinski definition) is 7. The van der Waals surface area contributed by atoms with E-state index in [9.17, 15) is 24.2 Å². The number of nitrogens with one attached hydrogen (secondary N) is 1. The summed E-state index contributed by atoms with van der Waals surface area (Å²) in [5.74, 6) is -2.41. The van der Waals surface area contributed by atoms with Crippen LogP contribution in [0.3, 0.4) is 0 Å². The molecule has 2 heterocycles. The number of allylic oxidation sites excluding steroid dienone is 4. The Labute approximate surface area is 229 Å². The predicted octanol–water partition coefficient (Wildman–Crippen LogP) is 4.73. The molecule has 2 aromatic heterocycles. The van der Waals surface area contributed by atoms with Crippen molar-refractivity contribution in [2.45, 2.75) is 63.8 Å². The number of amides is 1. The fourth-order valence-electron chi connectivity index (χ4n) is 8.28. The minimum Gasteiger partial charge on any atom is -0.390 e. The van der Waals surface area contributed by atoms with Gasteiger partial charge >= 0.3 is 0 Å². The first-order valence-corrected chi connectivity index (χ1v) is 14.1. The van der Waals surface area contributed by atoms with Crippen molar-refractivity contribution < 1.29 is 28.6 Å². The molecule has 10 heteroatoms. The maximum atomic E-state index is 17.4. The second kappa shape index (κ2) is 8.59. The van der Waals surface area contributed by atoms with E-state index in [-0.39, 0.29) is 34.7 Å². The Morgan fingerprint density at radius 1 is 1.26 bits per heavy atom. The molecule has 3 saturated carbocycles. The van der Waals surface area contributed by atoms with Gasteiger partial charge in [-0.15, -0.1) is 11.3 Å². The zero-order valence-electron chi connectivity index (χ0n) is 21.9. The molecule has 0 spiro atoms. The van der Waals surface area contributed by atoms with Gasteiger partial charge in [0.1, 0.15) is 5.60 Å². The molecule has 0 saturated heterocycles. The van der Waals surface area contributed by atoms with Crippen LogP contribution in [-0.2, 0) is 10.4 Å². The van der Waals surface area contributed by atoms with Crippen LogP contribution < -0.4 is 5.32 Å². The van der Waals surface area contributed by atoms with Crippen LogP contribution in [0.15, 0.2) is 47.5 Å². The molecule has 7 nitrogen and oxygen atoms in total. The average molecular weight is 556 g/mol. The topological polar surface area (TPSA) is 112 Å². The Balaban J connectivity index is 1.33. The fraction of sp³-hybridized carbons (Fsp3) is 0.517. The van der Waals surface area contributed by atoms with Gasteiger partial charge in [-0.05, 0) is 68.7 Å². The average Bonchev–Trinajstić information content (AvgIpc) is 3.43. The third-order valence-electron chi connectivity index (χ3n) is 10.3. The molecule has 0 aliphatic heterocycles. The number of pyridine rings is 1. The number of hydrogen-bond donors (Lipinski definition) is 3. The van der Waals surface area contributed by atoms with Crippen molar-refractivity contribution in [1.29, 1.82) is 0 Å². The van der Waals surface area contributed by atoms with Gasteiger partial charge in [0.2, 0.25) is 5.95 Å². The molecular formula is C29H31F2N3O4S. The minimum atomic E-state index is -1.98. The molecule has 3 N–H and O–H groups in total. The molecule has 206 valence electrons. The van der Waals surface area contributed by atoms with Gasteiger partial charge in [-0.2, -0.15) is 4.39 Å². The molecule has 0 radical (unpaired) electrons. The highest BCUT2D eigenvalue weighted by atomic mass is 32.1. The van der Waals surface area contributed by atoms with Crippen molar-refractivity contribution in [3.8, 4) is 0 Å². The van der Waals surface area contributed by atoms with E-state index in [1.165, 1.54) is 18.2 Å². The maximum Gasteiger partial charge on any atom is 0.259 e. The number of alkyl halides is 1. The van der Waals surface area contributed by atoms with Gasteiger partial charge < -0.3 is 10.2 Å². The number of aliphatic hydroxyl groups is 2. The molecule has 4 aliphatic rings. The summed E-state index contributed by atoms with van der Waals surface area (Å²) < 4.78 is 30.5. The van der Waals surface area contributed by atoms with Crippen molar-refractivity contribution in [3.63, 3.8) is 0 Å². The van der Waals surface area contributed by atoms with E-state index in [1.54, 1.807) is 18.4 Å². The van der Waals surface area contributed by atoms with Gasteiger partial charge in [0.05, 0.1) is 17.4 Å². The molecule has 3 fully saturated rings. The van der Waals surface area contributed by atoms with E-state index in [4.69, 9.17) is 0 Å². The second-order valence-electron chi connectivity index (χ2n) is 12.0. The lowest BCUT2D eigenvalue weighted by atomic mass is 9.44. The Kier molecular flexibility index (Phi) is 5.81. The second-order valence-corrected chi connectivity index (χ2v) is 12.9. The molecule has 8 atom stereocenters. The van der Waals surface area contributed by atoms with Crippen molar-refractivity contribution in [2.24, 2.45) is 28.6 Å². The van der Waals surface area contributed by atoms with Crippen LogP contribution in [0.4, 0.5) is 13.9 Å². The van der Waals surface area contributed by atoms with Crippen molar-refractivity contribution in [2.75, 3.05) is 5.32 Å². The predicted molar refractivity (Wildman–Crippen MR) is 141 cm³/mol. The minimum absolute atomic E-state index is 0.0244. The van der Waals surface area contributed by atoms with Gasteiger partial charge in [-0.25, -0.2) is 14.4 Å². The Bertz CT molecular complexity index is 1430. The molecule has 0 bridgehead atoms. The van der Waals surface area contributed by atoms with Crippen LogP contribution in [-0.4, -0.2) is 43.6 Å². The summed E-state index contributed by atoms with van der Waals surface area (Å²) >= 11 is 1.16. The van der Waals surface area contributed by atoms with Gasteiger partial charge in [0.25, 0.3) is 5.91 Å². The third-order valence-corrected chi connectivity index (χ3v) is 11.1. The molecule has 2 aromatic rings. The molecule has 0 aromatic carbocycles. The fourth-order valence-corrected chi connectivity index (χ4v) is 9.04. The van der Waals surface area contributed by atoms with E-state index in [1.807, 2.05) is 13.8 Å². The first-order chi connectivity index (χ1) is 18.3. The van der Waals surface area contributed by atoms with Gasteiger partial charge in [0, 0.05) is 28.3 Å². The molecule has 6 rings (SSSR count). The van der Waals surface area contributed by atoms with Crippen LogP contribution in [0.1, 0.15) is 62.5 Å². The molecular weight excluding hydrogens is 524 g/mol. The summed E-state index contributed by atoms with van der Waals surface area (Å²) in [7, 11) is 0. The molecule has 39 heavy (non-hydrogen) atoms. The van der Waals surface area contributed by atoms with Crippen LogP contribution >= 0.6 is 11.3 Å². The quantitative estimate of drug-likeness (QED) is 0.472. The number of halogens is 2. The number of nitrogens with zero attached hydrogens (tertiary/aromatic N) is 2. The molecule has 1 amide bonds. The summed E-state index contributed by atoms with van der Waals surface area (Å²) in [6.45, 7) is 5.61.